The summed E-state index contributed by atoms with van der Waals surface area (Å²) in [5, 5.41) is 1.23. The van der Waals surface area contributed by atoms with Crippen molar-refractivity contribution < 1.29 is 9.47 Å². The molecule has 0 saturated carbocycles. The minimum Gasteiger partial charge on any atom is -0.490 e. The molecule has 0 bridgehead atoms. The van der Waals surface area contributed by atoms with E-state index in [9.17, 15) is 0 Å². The fourth-order valence-electron chi connectivity index (χ4n) is 2.65. The molecular weight excluding hydrogens is 264 g/mol. The van der Waals surface area contributed by atoms with Crippen molar-refractivity contribution in [1.29, 1.82) is 0 Å². The average Bonchev–Trinajstić information content (AvgIpc) is 2.79. The first-order valence-corrected chi connectivity index (χ1v) is 7.74. The highest BCUT2D eigenvalue weighted by molar-refractivity contribution is 5.88. The van der Waals surface area contributed by atoms with Gasteiger partial charge in [-0.15, -0.1) is 0 Å². The second-order valence-electron chi connectivity index (χ2n) is 5.40. The molecule has 4 nitrogen and oxygen atoms in total. The lowest BCUT2D eigenvalue weighted by molar-refractivity contribution is 0.288. The second-order valence-corrected chi connectivity index (χ2v) is 5.40. The van der Waals surface area contributed by atoms with E-state index in [-0.39, 0.29) is 0 Å². The molecule has 2 aromatic rings. The van der Waals surface area contributed by atoms with Gasteiger partial charge in [0.15, 0.2) is 11.5 Å². The average molecular weight is 290 g/mol. The molecule has 0 aliphatic heterocycles. The highest BCUT2D eigenvalue weighted by atomic mass is 16.5. The number of rotatable bonds is 7. The van der Waals surface area contributed by atoms with Crippen LogP contribution in [0.4, 0.5) is 0 Å². The zero-order valence-electron chi connectivity index (χ0n) is 13.5. The third kappa shape index (κ3) is 3.16. The fourth-order valence-corrected chi connectivity index (χ4v) is 2.65. The summed E-state index contributed by atoms with van der Waals surface area (Å²) in [4.78, 5) is 0. The Kier molecular flexibility index (Phi) is 5.12. The summed E-state index contributed by atoms with van der Waals surface area (Å²) < 4.78 is 13.7. The van der Waals surface area contributed by atoms with Gasteiger partial charge in [-0.3, -0.25) is 0 Å². The molecule has 2 rings (SSSR count). The van der Waals surface area contributed by atoms with Crippen LogP contribution in [-0.2, 0) is 6.54 Å². The number of aromatic nitrogens is 1. The van der Waals surface area contributed by atoms with Crippen LogP contribution in [0.3, 0.4) is 0 Å². The van der Waals surface area contributed by atoms with E-state index in [4.69, 9.17) is 15.2 Å². The van der Waals surface area contributed by atoms with Crippen LogP contribution in [0.5, 0.6) is 11.5 Å². The maximum atomic E-state index is 5.74. The van der Waals surface area contributed by atoms with E-state index >= 15 is 0 Å². The molecule has 1 heterocycles. The van der Waals surface area contributed by atoms with E-state index in [0.29, 0.717) is 25.7 Å². The van der Waals surface area contributed by atoms with Crippen molar-refractivity contribution in [2.24, 2.45) is 5.73 Å². The van der Waals surface area contributed by atoms with Gasteiger partial charge in [0.1, 0.15) is 0 Å². The summed E-state index contributed by atoms with van der Waals surface area (Å²) in [5.74, 6) is 2.08. The Morgan fingerprint density at radius 2 is 1.71 bits per heavy atom. The number of benzene rings is 1. The highest BCUT2D eigenvalue weighted by Gasteiger charge is 2.16. The molecule has 0 atom stereocenters. The number of hydrogen-bond donors (Lipinski definition) is 1. The minimum absolute atomic E-state index is 0.457. The predicted octanol–water partition coefficient (Wildman–Crippen LogP) is 3.52. The molecule has 0 saturated heterocycles. The molecule has 21 heavy (non-hydrogen) atoms. The topological polar surface area (TPSA) is 49.4 Å². The first-order chi connectivity index (χ1) is 10.1. The Morgan fingerprint density at radius 3 is 2.24 bits per heavy atom. The zero-order chi connectivity index (χ0) is 15.4. The Hall–Kier alpha value is -1.68. The summed E-state index contributed by atoms with van der Waals surface area (Å²) in [7, 11) is 0. The Labute approximate surface area is 126 Å². The number of hydrogen-bond acceptors (Lipinski definition) is 3. The molecule has 0 radical (unpaired) electrons. The third-order valence-corrected chi connectivity index (χ3v) is 3.57. The van der Waals surface area contributed by atoms with E-state index in [1.807, 2.05) is 13.8 Å². The van der Waals surface area contributed by atoms with Crippen LogP contribution in [0.2, 0.25) is 0 Å². The monoisotopic (exact) mass is 290 g/mol. The van der Waals surface area contributed by atoms with Crippen molar-refractivity contribution in [1.82, 2.24) is 4.57 Å². The standard InChI is InChI=1S/C17H26N2O2/c1-5-20-16-9-13-14(12(3)4)11-19(8-7-18)15(13)10-17(16)21-6-2/h9-12H,5-8,18H2,1-4H3. The van der Waals surface area contributed by atoms with E-state index in [1.165, 1.54) is 10.9 Å². The van der Waals surface area contributed by atoms with Gasteiger partial charge < -0.3 is 19.8 Å². The molecule has 0 fully saturated rings. The largest absolute Gasteiger partial charge is 0.490 e. The fraction of sp³-hybridized carbons (Fsp3) is 0.529. The molecule has 0 unspecified atom stereocenters. The van der Waals surface area contributed by atoms with Crippen molar-refractivity contribution >= 4 is 10.9 Å². The van der Waals surface area contributed by atoms with Crippen molar-refractivity contribution in [3.05, 3.63) is 23.9 Å². The van der Waals surface area contributed by atoms with Crippen LogP contribution in [0.1, 0.15) is 39.2 Å². The van der Waals surface area contributed by atoms with Gasteiger partial charge >= 0.3 is 0 Å². The molecule has 0 aliphatic carbocycles. The van der Waals surface area contributed by atoms with Gasteiger partial charge in [0.2, 0.25) is 0 Å². The number of nitrogens with zero attached hydrogens (tertiary/aromatic N) is 1. The summed E-state index contributed by atoms with van der Waals surface area (Å²) in [6.45, 7) is 11.1. The van der Waals surface area contributed by atoms with Crippen molar-refractivity contribution in [3.63, 3.8) is 0 Å². The first kappa shape index (κ1) is 15.7. The van der Waals surface area contributed by atoms with Gasteiger partial charge in [-0.1, -0.05) is 13.8 Å². The molecule has 0 aliphatic rings. The molecule has 1 aromatic heterocycles. The summed E-state index contributed by atoms with van der Waals surface area (Å²) in [5.41, 5.74) is 8.22. The van der Waals surface area contributed by atoms with E-state index in [0.717, 1.165) is 23.6 Å². The van der Waals surface area contributed by atoms with Gasteiger partial charge in [0, 0.05) is 30.7 Å². The quantitative estimate of drug-likeness (QED) is 0.848. The maximum Gasteiger partial charge on any atom is 0.163 e. The van der Waals surface area contributed by atoms with Gasteiger partial charge in [-0.2, -0.15) is 0 Å². The lowest BCUT2D eigenvalue weighted by Gasteiger charge is -2.12. The van der Waals surface area contributed by atoms with Crippen LogP contribution in [-0.4, -0.2) is 24.3 Å². The van der Waals surface area contributed by atoms with Gasteiger partial charge in [0.05, 0.1) is 18.7 Å². The Bertz CT molecular complexity index is 602. The van der Waals surface area contributed by atoms with E-state index < -0.39 is 0 Å². The summed E-state index contributed by atoms with van der Waals surface area (Å²) in [6, 6.07) is 4.18. The van der Waals surface area contributed by atoms with E-state index in [2.05, 4.69) is 36.7 Å². The van der Waals surface area contributed by atoms with Crippen LogP contribution >= 0.6 is 0 Å². The first-order valence-electron chi connectivity index (χ1n) is 7.74. The van der Waals surface area contributed by atoms with E-state index in [1.54, 1.807) is 0 Å². The molecular formula is C17H26N2O2. The molecule has 4 heteroatoms. The maximum absolute atomic E-state index is 5.74. The lowest BCUT2D eigenvalue weighted by Crippen LogP contribution is -2.08. The predicted molar refractivity (Wildman–Crippen MR) is 87.4 cm³/mol. The summed E-state index contributed by atoms with van der Waals surface area (Å²) in [6.07, 6.45) is 2.20. The van der Waals surface area contributed by atoms with Crippen LogP contribution < -0.4 is 15.2 Å². The zero-order valence-corrected chi connectivity index (χ0v) is 13.5. The Morgan fingerprint density at radius 1 is 1.10 bits per heavy atom. The number of fused-ring (bicyclic) bond motifs is 1. The molecule has 116 valence electrons. The van der Waals surface area contributed by atoms with Crippen LogP contribution in [0.25, 0.3) is 10.9 Å². The van der Waals surface area contributed by atoms with Gasteiger partial charge in [0.25, 0.3) is 0 Å². The summed E-state index contributed by atoms with van der Waals surface area (Å²) >= 11 is 0. The normalized spacial score (nSPS) is 11.3. The SMILES string of the molecule is CCOc1cc2c(C(C)C)cn(CCN)c2cc1OCC. The highest BCUT2D eigenvalue weighted by Crippen LogP contribution is 2.37. The minimum atomic E-state index is 0.457. The lowest BCUT2D eigenvalue weighted by atomic mass is 10.0. The van der Waals surface area contributed by atoms with Gasteiger partial charge in [-0.05, 0) is 31.4 Å². The smallest absolute Gasteiger partial charge is 0.163 e. The van der Waals surface area contributed by atoms with Gasteiger partial charge in [-0.25, -0.2) is 0 Å². The Balaban J connectivity index is 2.64. The number of ether oxygens (including phenoxy) is 2. The van der Waals surface area contributed by atoms with Crippen molar-refractivity contribution in [2.75, 3.05) is 19.8 Å². The van der Waals surface area contributed by atoms with Crippen LogP contribution in [0.15, 0.2) is 18.3 Å². The molecule has 0 amide bonds. The van der Waals surface area contributed by atoms with Crippen molar-refractivity contribution in [2.45, 2.75) is 40.2 Å². The molecule has 1 aromatic carbocycles. The third-order valence-electron chi connectivity index (χ3n) is 3.57. The van der Waals surface area contributed by atoms with Crippen LogP contribution in [0, 0.1) is 0 Å². The second kappa shape index (κ2) is 6.85. The van der Waals surface area contributed by atoms with Crippen molar-refractivity contribution in [3.8, 4) is 11.5 Å². The molecule has 2 N–H and O–H groups in total. The molecule has 0 spiro atoms. The number of nitrogens with two attached hydrogens (primary N) is 1.